The average Bonchev–Trinajstić information content (AvgIpc) is 2.66. The summed E-state index contributed by atoms with van der Waals surface area (Å²) in [4.78, 5) is 27.4. The van der Waals surface area contributed by atoms with E-state index in [2.05, 4.69) is 15.0 Å². The zero-order chi connectivity index (χ0) is 21.9. The van der Waals surface area contributed by atoms with Crippen molar-refractivity contribution in [1.82, 2.24) is 4.98 Å². The normalized spacial score (nSPS) is 11.8. The Kier molecular flexibility index (Phi) is 5.91. The Bertz CT molecular complexity index is 1170. The summed E-state index contributed by atoms with van der Waals surface area (Å²) in [6.07, 6.45) is -2.34. The highest BCUT2D eigenvalue weighted by Gasteiger charge is 2.30. The number of hydrogen-bond acceptors (Lipinski definition) is 4. The van der Waals surface area contributed by atoms with Crippen LogP contribution in [0.1, 0.15) is 22.8 Å². The average molecular weight is 420 g/mol. The predicted molar refractivity (Wildman–Crippen MR) is 105 cm³/mol. The van der Waals surface area contributed by atoms with E-state index in [-0.39, 0.29) is 5.56 Å². The first-order valence-corrected chi connectivity index (χ1v) is 8.85. The second-order valence-electron chi connectivity index (χ2n) is 6.27. The topological polar surface area (TPSA) is 71.2 Å². The molecule has 156 valence electrons. The fourth-order valence-electron chi connectivity index (χ4n) is 2.84. The van der Waals surface area contributed by atoms with E-state index in [0.717, 1.165) is 18.2 Å². The maximum absolute atomic E-state index is 13.8. The van der Waals surface area contributed by atoms with Crippen LogP contribution in [0, 0.1) is 5.82 Å². The molecule has 2 aromatic carbocycles. The summed E-state index contributed by atoms with van der Waals surface area (Å²) in [5, 5.41) is 3.29. The third-order valence-electron chi connectivity index (χ3n) is 4.09. The highest BCUT2D eigenvalue weighted by atomic mass is 19.4. The molecule has 0 amide bonds. The van der Waals surface area contributed by atoms with Gasteiger partial charge in [-0.3, -0.25) is 9.59 Å². The molecule has 0 saturated carbocycles. The molecule has 2 N–H and O–H groups in total. The molecule has 5 nitrogen and oxygen atoms in total. The van der Waals surface area contributed by atoms with Crippen molar-refractivity contribution >= 4 is 28.4 Å². The van der Waals surface area contributed by atoms with E-state index in [1.807, 2.05) is 6.92 Å². The maximum atomic E-state index is 13.8. The SMILES string of the molecule is CCNc1cc(F)cc2cc(C(=O)/C=C/c3ccc(OC(F)(F)F)cc3)c(=O)[nH]c12. The van der Waals surface area contributed by atoms with Gasteiger partial charge in [-0.1, -0.05) is 18.2 Å². The van der Waals surface area contributed by atoms with Crippen molar-refractivity contribution in [2.45, 2.75) is 13.3 Å². The predicted octanol–water partition coefficient (Wildman–Crippen LogP) is 4.89. The Morgan fingerprint density at radius 1 is 1.17 bits per heavy atom. The highest BCUT2D eigenvalue weighted by Crippen LogP contribution is 2.24. The Morgan fingerprint density at radius 2 is 1.87 bits per heavy atom. The third kappa shape index (κ3) is 5.05. The number of alkyl halides is 3. The minimum Gasteiger partial charge on any atom is -0.406 e. The zero-order valence-electron chi connectivity index (χ0n) is 15.6. The molecule has 0 unspecified atom stereocenters. The maximum Gasteiger partial charge on any atom is 0.573 e. The Hall–Kier alpha value is -3.62. The smallest absolute Gasteiger partial charge is 0.406 e. The molecule has 1 heterocycles. The summed E-state index contributed by atoms with van der Waals surface area (Å²) >= 11 is 0. The van der Waals surface area contributed by atoms with Crippen LogP contribution >= 0.6 is 0 Å². The van der Waals surface area contributed by atoms with Crippen LogP contribution in [-0.2, 0) is 0 Å². The van der Waals surface area contributed by atoms with Gasteiger partial charge >= 0.3 is 6.36 Å². The van der Waals surface area contributed by atoms with Gasteiger partial charge in [0.05, 0.1) is 16.8 Å². The summed E-state index contributed by atoms with van der Waals surface area (Å²) in [7, 11) is 0. The number of carbonyl (C=O) groups excluding carboxylic acids is 1. The molecule has 0 saturated heterocycles. The van der Waals surface area contributed by atoms with E-state index in [1.54, 1.807) is 0 Å². The molecule has 0 aliphatic rings. The molecule has 9 heteroatoms. The lowest BCUT2D eigenvalue weighted by Crippen LogP contribution is -2.17. The van der Waals surface area contributed by atoms with Gasteiger partial charge < -0.3 is 15.0 Å². The summed E-state index contributed by atoms with van der Waals surface area (Å²) in [5.41, 5.74) is 0.376. The van der Waals surface area contributed by atoms with Gasteiger partial charge in [0.25, 0.3) is 5.56 Å². The second kappa shape index (κ2) is 8.40. The van der Waals surface area contributed by atoms with Crippen LogP contribution < -0.4 is 15.6 Å². The summed E-state index contributed by atoms with van der Waals surface area (Å²) < 4.78 is 54.2. The number of benzene rings is 2. The Balaban J connectivity index is 1.86. The van der Waals surface area contributed by atoms with Gasteiger partial charge in [-0.2, -0.15) is 0 Å². The van der Waals surface area contributed by atoms with Gasteiger partial charge in [-0.25, -0.2) is 4.39 Å². The van der Waals surface area contributed by atoms with E-state index < -0.39 is 29.3 Å². The molecule has 0 atom stereocenters. The van der Waals surface area contributed by atoms with Crippen molar-refractivity contribution in [1.29, 1.82) is 0 Å². The molecule has 0 radical (unpaired) electrons. The minimum absolute atomic E-state index is 0.191. The van der Waals surface area contributed by atoms with Crippen molar-refractivity contribution in [3.63, 3.8) is 0 Å². The number of aromatic nitrogens is 1. The van der Waals surface area contributed by atoms with Gasteiger partial charge in [0.2, 0.25) is 0 Å². The molecule has 0 bridgehead atoms. The molecular weight excluding hydrogens is 404 g/mol. The summed E-state index contributed by atoms with van der Waals surface area (Å²) in [6, 6.07) is 8.60. The van der Waals surface area contributed by atoms with Crippen LogP contribution in [0.2, 0.25) is 0 Å². The van der Waals surface area contributed by atoms with Gasteiger partial charge in [0.15, 0.2) is 5.78 Å². The first kappa shape index (κ1) is 21.1. The number of ketones is 1. The van der Waals surface area contributed by atoms with Crippen LogP contribution in [-0.4, -0.2) is 23.7 Å². The van der Waals surface area contributed by atoms with Crippen molar-refractivity contribution < 1.29 is 27.1 Å². The van der Waals surface area contributed by atoms with Crippen LogP contribution in [0.25, 0.3) is 17.0 Å². The number of aromatic amines is 1. The van der Waals surface area contributed by atoms with E-state index in [4.69, 9.17) is 0 Å². The molecule has 0 aliphatic heterocycles. The second-order valence-corrected chi connectivity index (χ2v) is 6.27. The number of hydrogen-bond donors (Lipinski definition) is 2. The highest BCUT2D eigenvalue weighted by molar-refractivity contribution is 6.08. The Morgan fingerprint density at radius 3 is 2.50 bits per heavy atom. The quantitative estimate of drug-likeness (QED) is 0.338. The van der Waals surface area contributed by atoms with Gasteiger partial charge in [0.1, 0.15) is 11.6 Å². The minimum atomic E-state index is -4.80. The summed E-state index contributed by atoms with van der Waals surface area (Å²) in [6.45, 7) is 2.33. The number of allylic oxidation sites excluding steroid dienone is 1. The molecule has 0 fully saturated rings. The van der Waals surface area contributed by atoms with E-state index in [1.165, 1.54) is 36.4 Å². The van der Waals surface area contributed by atoms with Gasteiger partial charge in [0, 0.05) is 11.9 Å². The number of H-pyrrole nitrogens is 1. The van der Waals surface area contributed by atoms with E-state index in [0.29, 0.717) is 28.7 Å². The van der Waals surface area contributed by atoms with Crippen molar-refractivity contribution in [3.05, 3.63) is 75.8 Å². The van der Waals surface area contributed by atoms with E-state index in [9.17, 15) is 27.2 Å². The molecule has 3 aromatic rings. The molecular formula is C21H16F4N2O3. The van der Waals surface area contributed by atoms with Gasteiger partial charge in [-0.05, 0) is 48.9 Å². The van der Waals surface area contributed by atoms with Crippen molar-refractivity contribution in [3.8, 4) is 5.75 Å². The van der Waals surface area contributed by atoms with E-state index >= 15 is 0 Å². The number of pyridine rings is 1. The van der Waals surface area contributed by atoms with Crippen LogP contribution in [0.4, 0.5) is 23.2 Å². The largest absolute Gasteiger partial charge is 0.573 e. The molecule has 0 spiro atoms. The molecule has 1 aromatic heterocycles. The van der Waals surface area contributed by atoms with Crippen LogP contribution in [0.3, 0.4) is 0 Å². The first-order chi connectivity index (χ1) is 14.2. The fraction of sp³-hybridized carbons (Fsp3) is 0.143. The lowest BCUT2D eigenvalue weighted by atomic mass is 10.1. The lowest BCUT2D eigenvalue weighted by molar-refractivity contribution is -0.274. The number of nitrogens with one attached hydrogen (secondary N) is 2. The zero-order valence-corrected chi connectivity index (χ0v) is 15.6. The van der Waals surface area contributed by atoms with Crippen LogP contribution in [0.15, 0.2) is 53.3 Å². The van der Waals surface area contributed by atoms with Crippen molar-refractivity contribution in [2.75, 3.05) is 11.9 Å². The number of ether oxygens (including phenoxy) is 1. The molecule has 30 heavy (non-hydrogen) atoms. The first-order valence-electron chi connectivity index (χ1n) is 8.85. The van der Waals surface area contributed by atoms with Crippen molar-refractivity contribution in [2.24, 2.45) is 0 Å². The molecule has 3 rings (SSSR count). The Labute approximate surface area is 168 Å². The fourth-order valence-corrected chi connectivity index (χ4v) is 2.84. The summed E-state index contributed by atoms with van der Waals surface area (Å²) in [5.74, 6) is -1.56. The lowest BCUT2D eigenvalue weighted by Gasteiger charge is -2.09. The number of carbonyl (C=O) groups is 1. The third-order valence-corrected chi connectivity index (χ3v) is 4.09. The number of halogens is 4. The standard InChI is InChI=1S/C21H16F4N2O3/c1-2-26-17-11-14(22)9-13-10-16(20(29)27-19(13)17)18(28)8-5-12-3-6-15(7-4-12)30-21(23,24)25/h3-11,26H,2H2,1H3,(H,27,29)/b8-5+. The van der Waals surface area contributed by atoms with Gasteiger partial charge in [-0.15, -0.1) is 13.2 Å². The number of rotatable bonds is 6. The monoisotopic (exact) mass is 420 g/mol. The number of anilines is 1. The van der Waals surface area contributed by atoms with Crippen LogP contribution in [0.5, 0.6) is 5.75 Å². The number of fused-ring (bicyclic) bond motifs is 1. The molecule has 0 aliphatic carbocycles.